The maximum Gasteiger partial charge on any atom is 0.410 e. The van der Waals surface area contributed by atoms with Crippen LogP contribution in [0.2, 0.25) is 0 Å². The number of fused-ring (bicyclic) bond motifs is 1. The fourth-order valence-corrected chi connectivity index (χ4v) is 5.69. The summed E-state index contributed by atoms with van der Waals surface area (Å²) in [6, 6.07) is 8.36. The first-order valence-electron chi connectivity index (χ1n) is 10.5. The van der Waals surface area contributed by atoms with Crippen LogP contribution in [-0.4, -0.2) is 52.6 Å². The molecular formula is C23H30N2O3S. The van der Waals surface area contributed by atoms with Crippen molar-refractivity contribution in [2.45, 2.75) is 64.5 Å². The van der Waals surface area contributed by atoms with Crippen LogP contribution in [0.15, 0.2) is 24.3 Å². The van der Waals surface area contributed by atoms with Gasteiger partial charge in [-0.15, -0.1) is 11.3 Å². The van der Waals surface area contributed by atoms with Crippen molar-refractivity contribution >= 4 is 33.4 Å². The lowest BCUT2D eigenvalue weighted by Gasteiger charge is -2.44. The summed E-state index contributed by atoms with van der Waals surface area (Å²) in [5.74, 6) is 0.145. The number of hydrogen-bond acceptors (Lipinski definition) is 4. The fraction of sp³-hybridized carbons (Fsp3) is 0.565. The Morgan fingerprint density at radius 3 is 2.48 bits per heavy atom. The highest BCUT2D eigenvalue weighted by molar-refractivity contribution is 7.20. The number of amides is 2. The second kappa shape index (κ2) is 7.31. The van der Waals surface area contributed by atoms with E-state index in [9.17, 15) is 9.59 Å². The van der Waals surface area contributed by atoms with Gasteiger partial charge in [0.05, 0.1) is 4.88 Å². The maximum absolute atomic E-state index is 13.4. The van der Waals surface area contributed by atoms with Gasteiger partial charge in [-0.1, -0.05) is 12.1 Å². The van der Waals surface area contributed by atoms with Crippen LogP contribution in [0.4, 0.5) is 4.79 Å². The van der Waals surface area contributed by atoms with E-state index in [4.69, 9.17) is 4.74 Å². The van der Waals surface area contributed by atoms with Crippen molar-refractivity contribution in [3.05, 3.63) is 34.7 Å². The van der Waals surface area contributed by atoms with E-state index in [1.54, 1.807) is 16.2 Å². The molecule has 0 unspecified atom stereocenters. The third-order valence-electron chi connectivity index (χ3n) is 6.07. The number of benzene rings is 1. The Morgan fingerprint density at radius 2 is 1.79 bits per heavy atom. The van der Waals surface area contributed by atoms with E-state index in [1.807, 2.05) is 26.8 Å². The van der Waals surface area contributed by atoms with Crippen molar-refractivity contribution in [1.82, 2.24) is 9.80 Å². The number of rotatable bonds is 1. The van der Waals surface area contributed by atoms with Crippen LogP contribution in [0, 0.1) is 6.92 Å². The number of likely N-dealkylation sites (tertiary alicyclic amines) is 2. The molecule has 3 heterocycles. The van der Waals surface area contributed by atoms with Crippen LogP contribution in [0.25, 0.3) is 10.1 Å². The number of hydrogen-bond donors (Lipinski definition) is 0. The zero-order valence-electron chi connectivity index (χ0n) is 17.8. The number of aryl methyl sites for hydroxylation is 1. The molecule has 2 aliphatic heterocycles. The van der Waals surface area contributed by atoms with Gasteiger partial charge in [0.2, 0.25) is 0 Å². The first-order chi connectivity index (χ1) is 13.7. The summed E-state index contributed by atoms with van der Waals surface area (Å²) in [5.41, 5.74) is 0.605. The highest BCUT2D eigenvalue weighted by Crippen LogP contribution is 2.40. The van der Waals surface area contributed by atoms with E-state index in [0.29, 0.717) is 13.1 Å². The minimum absolute atomic E-state index is 0.123. The second-order valence-corrected chi connectivity index (χ2v) is 10.5. The van der Waals surface area contributed by atoms with Crippen LogP contribution < -0.4 is 0 Å². The van der Waals surface area contributed by atoms with E-state index in [0.717, 1.165) is 42.5 Å². The molecule has 5 nitrogen and oxygen atoms in total. The lowest BCUT2D eigenvalue weighted by molar-refractivity contribution is 0.00473. The SMILES string of the molecule is Cc1ccc2cc(C(=O)N3CCCC34CCN(C(=O)OC(C)(C)C)CC4)sc2c1. The van der Waals surface area contributed by atoms with Crippen molar-refractivity contribution in [2.75, 3.05) is 19.6 Å². The molecule has 1 aromatic heterocycles. The smallest absolute Gasteiger partial charge is 0.410 e. The zero-order chi connectivity index (χ0) is 20.8. The molecule has 29 heavy (non-hydrogen) atoms. The summed E-state index contributed by atoms with van der Waals surface area (Å²) in [4.78, 5) is 30.5. The van der Waals surface area contributed by atoms with Gasteiger partial charge in [-0.2, -0.15) is 0 Å². The molecule has 2 fully saturated rings. The normalized spacial score (nSPS) is 19.2. The van der Waals surface area contributed by atoms with Crippen molar-refractivity contribution in [2.24, 2.45) is 0 Å². The van der Waals surface area contributed by atoms with Gasteiger partial charge in [-0.3, -0.25) is 4.79 Å². The molecule has 156 valence electrons. The minimum atomic E-state index is -0.485. The molecular weight excluding hydrogens is 384 g/mol. The fourth-order valence-electron chi connectivity index (χ4n) is 4.58. The molecule has 2 aliphatic rings. The molecule has 2 amide bonds. The largest absolute Gasteiger partial charge is 0.444 e. The molecule has 1 spiro atoms. The lowest BCUT2D eigenvalue weighted by atomic mass is 9.85. The molecule has 0 radical (unpaired) electrons. The number of carbonyl (C=O) groups is 2. The Morgan fingerprint density at radius 1 is 1.07 bits per heavy atom. The molecule has 1 aromatic carbocycles. The van der Waals surface area contributed by atoms with E-state index >= 15 is 0 Å². The average Bonchev–Trinajstić information content (AvgIpc) is 3.24. The van der Waals surface area contributed by atoms with E-state index in [-0.39, 0.29) is 17.5 Å². The highest BCUT2D eigenvalue weighted by atomic mass is 32.1. The van der Waals surface area contributed by atoms with Gasteiger partial charge in [-0.25, -0.2) is 4.79 Å². The van der Waals surface area contributed by atoms with Crippen molar-refractivity contribution in [1.29, 1.82) is 0 Å². The quantitative estimate of drug-likeness (QED) is 0.643. The molecule has 0 bridgehead atoms. The van der Waals surface area contributed by atoms with Crippen molar-refractivity contribution in [3.63, 3.8) is 0 Å². The van der Waals surface area contributed by atoms with Crippen LogP contribution in [0.3, 0.4) is 0 Å². The first-order valence-corrected chi connectivity index (χ1v) is 11.3. The van der Waals surface area contributed by atoms with Crippen LogP contribution in [-0.2, 0) is 4.74 Å². The third kappa shape index (κ3) is 4.00. The summed E-state index contributed by atoms with van der Waals surface area (Å²) in [5, 5.41) is 1.14. The minimum Gasteiger partial charge on any atom is -0.444 e. The molecule has 0 atom stereocenters. The zero-order valence-corrected chi connectivity index (χ0v) is 18.6. The molecule has 0 N–H and O–H groups in total. The Bertz CT molecular complexity index is 935. The lowest BCUT2D eigenvalue weighted by Crippen LogP contribution is -2.55. The number of nitrogens with zero attached hydrogens (tertiary/aromatic N) is 2. The first kappa shape index (κ1) is 20.2. The number of ether oxygens (including phenoxy) is 1. The van der Waals surface area contributed by atoms with Gasteiger partial charge in [0.15, 0.2) is 0 Å². The molecule has 2 saturated heterocycles. The number of piperidine rings is 1. The average molecular weight is 415 g/mol. The van der Waals surface area contributed by atoms with Crippen molar-refractivity contribution in [3.8, 4) is 0 Å². The Kier molecular flexibility index (Phi) is 5.09. The Labute approximate surface area is 176 Å². The summed E-state index contributed by atoms with van der Waals surface area (Å²) >= 11 is 1.59. The highest BCUT2D eigenvalue weighted by Gasteiger charge is 2.46. The van der Waals surface area contributed by atoms with Crippen LogP contribution >= 0.6 is 11.3 Å². The summed E-state index contributed by atoms with van der Waals surface area (Å²) in [6.07, 6.45) is 3.44. The molecule has 6 heteroatoms. The molecule has 0 saturated carbocycles. The molecule has 4 rings (SSSR count). The number of carbonyl (C=O) groups excluding carboxylic acids is 2. The second-order valence-electron chi connectivity index (χ2n) is 9.40. The molecule has 0 aliphatic carbocycles. The van der Waals surface area contributed by atoms with E-state index in [1.165, 1.54) is 10.3 Å². The van der Waals surface area contributed by atoms with Gasteiger partial charge >= 0.3 is 6.09 Å². The van der Waals surface area contributed by atoms with E-state index in [2.05, 4.69) is 30.0 Å². The third-order valence-corrected chi connectivity index (χ3v) is 7.16. The summed E-state index contributed by atoms with van der Waals surface area (Å²) in [6.45, 7) is 9.84. The van der Waals surface area contributed by atoms with Crippen LogP contribution in [0.5, 0.6) is 0 Å². The topological polar surface area (TPSA) is 49.9 Å². The van der Waals surface area contributed by atoms with Gasteiger partial charge in [0.1, 0.15) is 5.60 Å². The monoisotopic (exact) mass is 414 g/mol. The van der Waals surface area contributed by atoms with Gasteiger partial charge in [0.25, 0.3) is 5.91 Å². The maximum atomic E-state index is 13.4. The Hall–Kier alpha value is -2.08. The van der Waals surface area contributed by atoms with Crippen molar-refractivity contribution < 1.29 is 14.3 Å². The van der Waals surface area contributed by atoms with Crippen LogP contribution in [0.1, 0.15) is 61.7 Å². The molecule has 2 aromatic rings. The van der Waals surface area contributed by atoms with Gasteiger partial charge in [-0.05, 0) is 76.5 Å². The predicted octanol–water partition coefficient (Wildman–Crippen LogP) is 5.22. The van der Waals surface area contributed by atoms with Gasteiger partial charge in [0, 0.05) is 29.9 Å². The number of thiophene rings is 1. The standard InChI is InChI=1S/C23H30N2O3S/c1-16-6-7-17-15-19(29-18(17)14-16)20(26)25-11-5-8-23(25)9-12-24(13-10-23)21(27)28-22(2,3)4/h6-7,14-15H,5,8-13H2,1-4H3. The van der Waals surface area contributed by atoms with E-state index < -0.39 is 5.60 Å². The summed E-state index contributed by atoms with van der Waals surface area (Å²) in [7, 11) is 0. The summed E-state index contributed by atoms with van der Waals surface area (Å²) < 4.78 is 6.69. The predicted molar refractivity (Wildman–Crippen MR) is 117 cm³/mol. The van der Waals surface area contributed by atoms with Gasteiger partial charge < -0.3 is 14.5 Å². The Balaban J connectivity index is 1.49.